The number of carboxylic acids is 1. The predicted molar refractivity (Wildman–Crippen MR) is 97.9 cm³/mol. The topological polar surface area (TPSA) is 63.6 Å². The van der Waals surface area contributed by atoms with Crippen LogP contribution in [0.4, 0.5) is 0 Å². The molecule has 0 saturated carbocycles. The Hall–Kier alpha value is -2.62. The third-order valence-corrected chi connectivity index (χ3v) is 4.07. The molecule has 0 aromatic heterocycles. The Labute approximate surface area is 148 Å². The van der Waals surface area contributed by atoms with Crippen molar-refractivity contribution < 1.29 is 19.4 Å². The molecule has 0 aliphatic heterocycles. The molecule has 0 atom stereocenters. The zero-order valence-electron chi connectivity index (χ0n) is 14.5. The lowest BCUT2D eigenvalue weighted by atomic mass is 10.0. The third-order valence-electron chi connectivity index (χ3n) is 4.07. The van der Waals surface area contributed by atoms with Crippen LogP contribution in [0.25, 0.3) is 11.1 Å². The van der Waals surface area contributed by atoms with Crippen LogP contribution in [0.2, 0.25) is 0 Å². The van der Waals surface area contributed by atoms with Crippen LogP contribution >= 0.6 is 0 Å². The van der Waals surface area contributed by atoms with Gasteiger partial charge in [0.2, 0.25) is 0 Å². The van der Waals surface area contributed by atoms with Crippen LogP contribution in [0.15, 0.2) is 48.5 Å². The van der Waals surface area contributed by atoms with E-state index >= 15 is 0 Å². The molecule has 4 heteroatoms. The molecule has 1 N–H and O–H groups in total. The average molecular weight is 340 g/mol. The molecule has 4 nitrogen and oxygen atoms in total. The van der Waals surface area contributed by atoms with Crippen molar-refractivity contribution in [1.29, 1.82) is 0 Å². The molecule has 0 aliphatic rings. The number of hydrogen-bond donors (Lipinski definition) is 1. The van der Waals surface area contributed by atoms with Gasteiger partial charge in [0.15, 0.2) is 0 Å². The normalized spacial score (nSPS) is 10.4. The van der Waals surface area contributed by atoms with Gasteiger partial charge in [-0.2, -0.15) is 0 Å². The summed E-state index contributed by atoms with van der Waals surface area (Å²) in [5.41, 5.74) is 2.61. The van der Waals surface area contributed by atoms with E-state index in [9.17, 15) is 9.59 Å². The number of carbonyl (C=O) groups is 2. The number of aromatic carboxylic acids is 1. The van der Waals surface area contributed by atoms with E-state index in [1.165, 1.54) is 19.3 Å². The van der Waals surface area contributed by atoms with Crippen molar-refractivity contribution in [3.63, 3.8) is 0 Å². The van der Waals surface area contributed by atoms with Crippen LogP contribution in [0, 0.1) is 0 Å². The number of esters is 1. The highest BCUT2D eigenvalue weighted by Crippen LogP contribution is 2.21. The monoisotopic (exact) mass is 340 g/mol. The highest BCUT2D eigenvalue weighted by Gasteiger charge is 2.08. The summed E-state index contributed by atoms with van der Waals surface area (Å²) in [6, 6.07) is 13.8. The van der Waals surface area contributed by atoms with Gasteiger partial charge in [-0.15, -0.1) is 0 Å². The maximum absolute atomic E-state index is 12.0. The van der Waals surface area contributed by atoms with E-state index in [-0.39, 0.29) is 11.5 Å². The first-order valence-electron chi connectivity index (χ1n) is 8.72. The fourth-order valence-corrected chi connectivity index (χ4v) is 2.56. The molecule has 0 heterocycles. The third kappa shape index (κ3) is 5.75. The van der Waals surface area contributed by atoms with Crippen molar-refractivity contribution in [2.75, 3.05) is 6.61 Å². The van der Waals surface area contributed by atoms with Gasteiger partial charge < -0.3 is 9.84 Å². The summed E-state index contributed by atoms with van der Waals surface area (Å²) in [6.45, 7) is 2.63. The number of ether oxygens (including phenoxy) is 1. The maximum atomic E-state index is 12.0. The predicted octanol–water partition coefficient (Wildman–Crippen LogP) is 5.18. The smallest absolute Gasteiger partial charge is 0.338 e. The molecule has 2 rings (SSSR count). The number of rotatable bonds is 9. The Bertz CT molecular complexity index is 687. The molecule has 2 aromatic carbocycles. The summed E-state index contributed by atoms with van der Waals surface area (Å²) in [7, 11) is 0. The molecular formula is C21H24O4. The highest BCUT2D eigenvalue weighted by atomic mass is 16.5. The van der Waals surface area contributed by atoms with Crippen LogP contribution in [0.1, 0.15) is 59.7 Å². The lowest BCUT2D eigenvalue weighted by Crippen LogP contribution is -2.06. The van der Waals surface area contributed by atoms with Gasteiger partial charge in [0.25, 0.3) is 0 Å². The van der Waals surface area contributed by atoms with E-state index in [2.05, 4.69) is 6.92 Å². The van der Waals surface area contributed by atoms with E-state index in [0.29, 0.717) is 12.2 Å². The van der Waals surface area contributed by atoms with E-state index in [0.717, 1.165) is 24.0 Å². The van der Waals surface area contributed by atoms with E-state index in [1.54, 1.807) is 36.4 Å². The molecule has 132 valence electrons. The van der Waals surface area contributed by atoms with Crippen molar-refractivity contribution in [3.05, 3.63) is 59.7 Å². The van der Waals surface area contributed by atoms with Crippen molar-refractivity contribution >= 4 is 11.9 Å². The van der Waals surface area contributed by atoms with Gasteiger partial charge in [0.05, 0.1) is 17.7 Å². The summed E-state index contributed by atoms with van der Waals surface area (Å²) < 4.78 is 5.29. The number of carboxylic acid groups (broad SMARTS) is 1. The molecule has 0 unspecified atom stereocenters. The van der Waals surface area contributed by atoms with Gasteiger partial charge in [-0.3, -0.25) is 0 Å². The van der Waals surface area contributed by atoms with Gasteiger partial charge in [0.1, 0.15) is 0 Å². The summed E-state index contributed by atoms with van der Waals surface area (Å²) in [5.74, 6) is -1.25. The van der Waals surface area contributed by atoms with Gasteiger partial charge >= 0.3 is 11.9 Å². The second kappa shape index (κ2) is 9.62. The van der Waals surface area contributed by atoms with Crippen LogP contribution < -0.4 is 0 Å². The van der Waals surface area contributed by atoms with Crippen LogP contribution in [0.3, 0.4) is 0 Å². The minimum atomic E-state index is -0.945. The number of hydrogen-bond acceptors (Lipinski definition) is 3. The Morgan fingerprint density at radius 1 is 0.800 bits per heavy atom. The molecule has 0 aliphatic carbocycles. The van der Waals surface area contributed by atoms with E-state index < -0.39 is 5.97 Å². The van der Waals surface area contributed by atoms with Gasteiger partial charge in [-0.1, -0.05) is 56.9 Å². The van der Waals surface area contributed by atoms with Crippen molar-refractivity contribution in [2.24, 2.45) is 0 Å². The largest absolute Gasteiger partial charge is 0.478 e. The van der Waals surface area contributed by atoms with Crippen LogP contribution in [-0.2, 0) is 4.74 Å². The Morgan fingerprint density at radius 2 is 1.32 bits per heavy atom. The fourth-order valence-electron chi connectivity index (χ4n) is 2.56. The quantitative estimate of drug-likeness (QED) is 0.505. The first-order valence-corrected chi connectivity index (χ1v) is 8.72. The Kier molecular flexibility index (Phi) is 7.20. The zero-order chi connectivity index (χ0) is 18.1. The molecule has 0 spiro atoms. The summed E-state index contributed by atoms with van der Waals surface area (Å²) in [6.07, 6.45) is 5.60. The molecule has 0 saturated heterocycles. The minimum absolute atomic E-state index is 0.253. The number of carbonyl (C=O) groups excluding carboxylic acids is 1. The summed E-state index contributed by atoms with van der Waals surface area (Å²) >= 11 is 0. The van der Waals surface area contributed by atoms with Crippen molar-refractivity contribution in [1.82, 2.24) is 0 Å². The molecule has 0 radical (unpaired) electrons. The standard InChI is InChI=1S/C21H24O4/c1-2-3-4-5-6-15-25-21(24)19-13-9-17(10-14-19)16-7-11-18(12-8-16)20(22)23/h7-14H,2-6,15H2,1H3,(H,22,23). The fraction of sp³-hybridized carbons (Fsp3) is 0.333. The van der Waals surface area contributed by atoms with Gasteiger partial charge in [-0.25, -0.2) is 9.59 Å². The molecule has 0 amide bonds. The lowest BCUT2D eigenvalue weighted by molar-refractivity contribution is 0.0497. The van der Waals surface area contributed by atoms with Crippen molar-refractivity contribution in [2.45, 2.75) is 39.0 Å². The zero-order valence-corrected chi connectivity index (χ0v) is 14.5. The molecular weight excluding hydrogens is 316 g/mol. The molecule has 25 heavy (non-hydrogen) atoms. The Morgan fingerprint density at radius 3 is 1.84 bits per heavy atom. The van der Waals surface area contributed by atoms with Gasteiger partial charge in [0, 0.05) is 0 Å². The summed E-state index contributed by atoms with van der Waals surface area (Å²) in [5, 5.41) is 8.92. The Balaban J connectivity index is 1.88. The van der Waals surface area contributed by atoms with Gasteiger partial charge in [-0.05, 0) is 41.8 Å². The number of unbranched alkanes of at least 4 members (excludes halogenated alkanes) is 4. The SMILES string of the molecule is CCCCCCCOC(=O)c1ccc(-c2ccc(C(=O)O)cc2)cc1. The lowest BCUT2D eigenvalue weighted by Gasteiger charge is -2.06. The van der Waals surface area contributed by atoms with Crippen LogP contribution in [-0.4, -0.2) is 23.7 Å². The first kappa shape index (κ1) is 18.7. The maximum Gasteiger partial charge on any atom is 0.338 e. The molecule has 2 aromatic rings. The molecule has 0 fully saturated rings. The average Bonchev–Trinajstić information content (AvgIpc) is 2.64. The van der Waals surface area contributed by atoms with Crippen molar-refractivity contribution in [3.8, 4) is 11.1 Å². The van der Waals surface area contributed by atoms with Crippen LogP contribution in [0.5, 0.6) is 0 Å². The number of benzene rings is 2. The summed E-state index contributed by atoms with van der Waals surface area (Å²) in [4.78, 5) is 22.9. The van der Waals surface area contributed by atoms with E-state index in [4.69, 9.17) is 9.84 Å². The minimum Gasteiger partial charge on any atom is -0.478 e. The van der Waals surface area contributed by atoms with E-state index in [1.807, 2.05) is 12.1 Å². The highest BCUT2D eigenvalue weighted by molar-refractivity contribution is 5.90. The second-order valence-electron chi connectivity index (χ2n) is 6.01. The second-order valence-corrected chi connectivity index (χ2v) is 6.01. The first-order chi connectivity index (χ1) is 12.1. The molecule has 0 bridgehead atoms.